The van der Waals surface area contributed by atoms with Gasteiger partial charge in [0.25, 0.3) is 0 Å². The molecule has 1 saturated carbocycles. The Morgan fingerprint density at radius 3 is 2.73 bits per heavy atom. The van der Waals surface area contributed by atoms with Gasteiger partial charge < -0.3 is 5.32 Å². The Bertz CT molecular complexity index is 158. The number of hydrogen-bond donors (Lipinski definition) is 1. The molecule has 0 saturated heterocycles. The van der Waals surface area contributed by atoms with Gasteiger partial charge in [0.2, 0.25) is 5.91 Å². The Hall–Kier alpha value is -0.240. The highest BCUT2D eigenvalue weighted by Gasteiger charge is 2.38. The van der Waals surface area contributed by atoms with Gasteiger partial charge in [-0.15, -0.1) is 11.6 Å². The van der Waals surface area contributed by atoms with Crippen LogP contribution in [0.2, 0.25) is 0 Å². The van der Waals surface area contributed by atoms with Gasteiger partial charge in [0.1, 0.15) is 0 Å². The number of alkyl halides is 1. The molecule has 3 unspecified atom stereocenters. The van der Waals surface area contributed by atoms with E-state index in [1.807, 2.05) is 6.92 Å². The standard InChI is InChI=1S/C8H14ClNO/c1-5-3-7(5)8(11)10-4-6(2)9/h5-7H,3-4H2,1-2H3,(H,10,11). The highest BCUT2D eigenvalue weighted by atomic mass is 35.5. The topological polar surface area (TPSA) is 29.1 Å². The molecule has 0 aliphatic heterocycles. The summed E-state index contributed by atoms with van der Waals surface area (Å²) in [7, 11) is 0. The first-order valence-electron chi connectivity index (χ1n) is 4.03. The van der Waals surface area contributed by atoms with Gasteiger partial charge in [0.05, 0.1) is 0 Å². The molecule has 1 N–H and O–H groups in total. The largest absolute Gasteiger partial charge is 0.354 e. The number of rotatable bonds is 3. The number of carbonyl (C=O) groups is 1. The number of carbonyl (C=O) groups excluding carboxylic acids is 1. The average Bonchev–Trinajstić information content (AvgIpc) is 2.61. The van der Waals surface area contributed by atoms with Gasteiger partial charge >= 0.3 is 0 Å². The third kappa shape index (κ3) is 2.70. The fourth-order valence-electron chi connectivity index (χ4n) is 1.06. The van der Waals surface area contributed by atoms with E-state index in [-0.39, 0.29) is 17.2 Å². The van der Waals surface area contributed by atoms with Crippen LogP contribution in [0.3, 0.4) is 0 Å². The zero-order valence-corrected chi connectivity index (χ0v) is 7.69. The molecule has 2 nitrogen and oxygen atoms in total. The van der Waals surface area contributed by atoms with Crippen molar-refractivity contribution in [3.63, 3.8) is 0 Å². The first-order chi connectivity index (χ1) is 5.11. The lowest BCUT2D eigenvalue weighted by Crippen LogP contribution is -2.30. The summed E-state index contributed by atoms with van der Waals surface area (Å²) in [5, 5.41) is 2.84. The Morgan fingerprint density at radius 2 is 2.36 bits per heavy atom. The Labute approximate surface area is 72.3 Å². The summed E-state index contributed by atoms with van der Waals surface area (Å²) >= 11 is 5.67. The maximum Gasteiger partial charge on any atom is 0.223 e. The van der Waals surface area contributed by atoms with Crippen LogP contribution >= 0.6 is 11.6 Å². The lowest BCUT2D eigenvalue weighted by Gasteiger charge is -2.04. The van der Waals surface area contributed by atoms with Crippen molar-refractivity contribution in [1.82, 2.24) is 5.32 Å². The molecule has 0 spiro atoms. The fraction of sp³-hybridized carbons (Fsp3) is 0.875. The van der Waals surface area contributed by atoms with Crippen LogP contribution in [0.25, 0.3) is 0 Å². The lowest BCUT2D eigenvalue weighted by molar-refractivity contribution is -0.122. The van der Waals surface area contributed by atoms with Gasteiger partial charge in [0, 0.05) is 17.8 Å². The smallest absolute Gasteiger partial charge is 0.223 e. The molecule has 0 heterocycles. The van der Waals surface area contributed by atoms with Crippen LogP contribution in [-0.2, 0) is 4.79 Å². The third-order valence-electron chi connectivity index (χ3n) is 2.00. The van der Waals surface area contributed by atoms with Crippen LogP contribution in [-0.4, -0.2) is 17.8 Å². The highest BCUT2D eigenvalue weighted by molar-refractivity contribution is 6.20. The maximum atomic E-state index is 11.2. The quantitative estimate of drug-likeness (QED) is 0.646. The molecule has 3 heteroatoms. The second-order valence-electron chi connectivity index (χ2n) is 3.35. The first kappa shape index (κ1) is 8.85. The molecule has 0 aromatic carbocycles. The maximum absolute atomic E-state index is 11.2. The lowest BCUT2D eigenvalue weighted by atomic mass is 10.3. The minimum absolute atomic E-state index is 0.0352. The minimum Gasteiger partial charge on any atom is -0.354 e. The molecule has 1 aliphatic rings. The van der Waals surface area contributed by atoms with E-state index >= 15 is 0 Å². The van der Waals surface area contributed by atoms with Gasteiger partial charge in [0.15, 0.2) is 0 Å². The molecule has 3 atom stereocenters. The van der Waals surface area contributed by atoms with E-state index in [1.54, 1.807) is 0 Å². The Morgan fingerprint density at radius 1 is 1.82 bits per heavy atom. The summed E-state index contributed by atoms with van der Waals surface area (Å²) in [5.41, 5.74) is 0. The molecule has 1 rings (SSSR count). The van der Waals surface area contributed by atoms with Crippen molar-refractivity contribution in [1.29, 1.82) is 0 Å². The van der Waals surface area contributed by atoms with Gasteiger partial charge in [-0.2, -0.15) is 0 Å². The predicted octanol–water partition coefficient (Wildman–Crippen LogP) is 1.39. The minimum atomic E-state index is 0.0352. The van der Waals surface area contributed by atoms with E-state index in [2.05, 4.69) is 12.2 Å². The Balaban J connectivity index is 2.12. The van der Waals surface area contributed by atoms with Gasteiger partial charge in [-0.1, -0.05) is 6.92 Å². The van der Waals surface area contributed by atoms with Crippen molar-refractivity contribution in [3.05, 3.63) is 0 Å². The van der Waals surface area contributed by atoms with Crippen molar-refractivity contribution < 1.29 is 4.79 Å². The summed E-state index contributed by atoms with van der Waals surface area (Å²) in [4.78, 5) is 11.2. The second-order valence-corrected chi connectivity index (χ2v) is 4.09. The van der Waals surface area contributed by atoms with Crippen molar-refractivity contribution in [3.8, 4) is 0 Å². The van der Waals surface area contributed by atoms with Gasteiger partial charge in [-0.05, 0) is 19.3 Å². The van der Waals surface area contributed by atoms with Crippen molar-refractivity contribution >= 4 is 17.5 Å². The zero-order chi connectivity index (χ0) is 8.43. The van der Waals surface area contributed by atoms with Gasteiger partial charge in [-0.3, -0.25) is 4.79 Å². The predicted molar refractivity (Wildman–Crippen MR) is 45.6 cm³/mol. The molecule has 11 heavy (non-hydrogen) atoms. The number of amides is 1. The van der Waals surface area contributed by atoms with E-state index in [9.17, 15) is 4.79 Å². The number of halogens is 1. The summed E-state index contributed by atoms with van der Waals surface area (Å²) in [6.07, 6.45) is 1.04. The van der Waals surface area contributed by atoms with Crippen LogP contribution in [0.4, 0.5) is 0 Å². The summed E-state index contributed by atoms with van der Waals surface area (Å²) < 4.78 is 0. The first-order valence-corrected chi connectivity index (χ1v) is 4.46. The molecule has 64 valence electrons. The number of nitrogens with one attached hydrogen (secondary N) is 1. The molecular formula is C8H14ClNO. The monoisotopic (exact) mass is 175 g/mol. The molecule has 0 radical (unpaired) electrons. The van der Waals surface area contributed by atoms with E-state index in [0.29, 0.717) is 12.5 Å². The zero-order valence-electron chi connectivity index (χ0n) is 6.93. The summed E-state index contributed by atoms with van der Waals surface area (Å²) in [6, 6.07) is 0. The van der Waals surface area contributed by atoms with E-state index in [0.717, 1.165) is 6.42 Å². The fourth-order valence-corrected chi connectivity index (χ4v) is 1.14. The van der Waals surface area contributed by atoms with Crippen LogP contribution in [0, 0.1) is 11.8 Å². The van der Waals surface area contributed by atoms with Crippen molar-refractivity contribution in [2.75, 3.05) is 6.54 Å². The molecular weight excluding hydrogens is 162 g/mol. The van der Waals surface area contributed by atoms with Crippen molar-refractivity contribution in [2.45, 2.75) is 25.6 Å². The molecule has 1 aliphatic carbocycles. The normalized spacial score (nSPS) is 31.2. The summed E-state index contributed by atoms with van der Waals surface area (Å²) in [5.74, 6) is 1.02. The third-order valence-corrected chi connectivity index (χ3v) is 2.16. The summed E-state index contributed by atoms with van der Waals surface area (Å²) in [6.45, 7) is 4.55. The Kier molecular flexibility index (Phi) is 2.77. The molecule has 0 aromatic heterocycles. The number of hydrogen-bond acceptors (Lipinski definition) is 1. The van der Waals surface area contributed by atoms with Crippen LogP contribution in [0.1, 0.15) is 20.3 Å². The van der Waals surface area contributed by atoms with E-state index in [1.165, 1.54) is 0 Å². The van der Waals surface area contributed by atoms with E-state index in [4.69, 9.17) is 11.6 Å². The average molecular weight is 176 g/mol. The van der Waals surface area contributed by atoms with Crippen LogP contribution < -0.4 is 5.32 Å². The van der Waals surface area contributed by atoms with Crippen LogP contribution in [0.5, 0.6) is 0 Å². The van der Waals surface area contributed by atoms with Crippen LogP contribution in [0.15, 0.2) is 0 Å². The van der Waals surface area contributed by atoms with Crippen molar-refractivity contribution in [2.24, 2.45) is 11.8 Å². The van der Waals surface area contributed by atoms with E-state index < -0.39 is 0 Å². The molecule has 0 bridgehead atoms. The molecule has 1 amide bonds. The molecule has 0 aromatic rings. The van der Waals surface area contributed by atoms with Gasteiger partial charge in [-0.25, -0.2) is 0 Å². The second kappa shape index (κ2) is 3.44. The highest BCUT2D eigenvalue weighted by Crippen LogP contribution is 2.37. The SMILES string of the molecule is CC(Cl)CNC(=O)C1CC1C. The molecule has 1 fully saturated rings.